The van der Waals surface area contributed by atoms with Gasteiger partial charge in [0.25, 0.3) is 5.91 Å². The van der Waals surface area contributed by atoms with E-state index in [2.05, 4.69) is 25.8 Å². The molecule has 1 aromatic heterocycles. The van der Waals surface area contributed by atoms with Crippen molar-refractivity contribution in [2.75, 3.05) is 11.9 Å². The number of imide groups is 1. The molecule has 1 aromatic carbocycles. The van der Waals surface area contributed by atoms with Gasteiger partial charge in [-0.3, -0.25) is 19.6 Å². The molecule has 9 heteroatoms. The molecule has 0 bridgehead atoms. The van der Waals surface area contributed by atoms with Gasteiger partial charge in [-0.1, -0.05) is 26.0 Å². The number of H-pyrrole nitrogens is 1. The molecule has 27 heavy (non-hydrogen) atoms. The topological polar surface area (TPSA) is 120 Å². The largest absolute Gasteiger partial charge is 0.325 e. The molecule has 0 saturated carbocycles. The van der Waals surface area contributed by atoms with Crippen LogP contribution in [-0.2, 0) is 9.59 Å². The number of nitrogens with one attached hydrogen (secondary N) is 3. The second-order valence-electron chi connectivity index (χ2n) is 6.48. The Morgan fingerprint density at radius 2 is 2.00 bits per heavy atom. The summed E-state index contributed by atoms with van der Waals surface area (Å²) in [6.45, 7) is 5.13. The molecule has 3 N–H and O–H groups in total. The van der Waals surface area contributed by atoms with Crippen molar-refractivity contribution in [1.82, 2.24) is 25.4 Å². The monoisotopic (exact) mass is 370 g/mol. The standard InChI is InChI=1S/C18H22N6O3/c1-4-18(5-2)16(26)24(17(27)21-18)10-14(25)20-13-8-6-7-12(9-13)15-19-11(3)22-23-15/h6-9H,4-5,10H2,1-3H3,(H,20,25)(H,21,27)(H,19,22,23). The predicted molar refractivity (Wildman–Crippen MR) is 98.7 cm³/mol. The van der Waals surface area contributed by atoms with Crippen molar-refractivity contribution in [2.24, 2.45) is 0 Å². The molecular formula is C18H22N6O3. The Balaban J connectivity index is 1.70. The molecular weight excluding hydrogens is 348 g/mol. The van der Waals surface area contributed by atoms with Crippen LogP contribution in [0.15, 0.2) is 24.3 Å². The van der Waals surface area contributed by atoms with Crippen molar-refractivity contribution in [2.45, 2.75) is 39.2 Å². The maximum atomic E-state index is 12.6. The number of aryl methyl sites for hydroxylation is 1. The second kappa shape index (κ2) is 7.18. The van der Waals surface area contributed by atoms with E-state index >= 15 is 0 Å². The summed E-state index contributed by atoms with van der Waals surface area (Å²) in [6, 6.07) is 6.50. The average Bonchev–Trinajstić information content (AvgIpc) is 3.19. The number of benzene rings is 1. The minimum Gasteiger partial charge on any atom is -0.325 e. The number of nitrogens with zero attached hydrogens (tertiary/aromatic N) is 3. The van der Waals surface area contributed by atoms with Gasteiger partial charge in [-0.25, -0.2) is 9.78 Å². The van der Waals surface area contributed by atoms with E-state index in [9.17, 15) is 14.4 Å². The molecule has 0 atom stereocenters. The highest BCUT2D eigenvalue weighted by atomic mass is 16.2. The zero-order valence-electron chi connectivity index (χ0n) is 15.5. The summed E-state index contributed by atoms with van der Waals surface area (Å²) < 4.78 is 0. The number of hydrogen-bond donors (Lipinski definition) is 3. The molecule has 3 rings (SSSR count). The number of hydrogen-bond acceptors (Lipinski definition) is 5. The summed E-state index contributed by atoms with van der Waals surface area (Å²) in [5, 5.41) is 12.3. The van der Waals surface area contributed by atoms with Gasteiger partial charge in [0.2, 0.25) is 5.91 Å². The van der Waals surface area contributed by atoms with Gasteiger partial charge in [0.15, 0.2) is 5.82 Å². The van der Waals surface area contributed by atoms with Crippen LogP contribution < -0.4 is 10.6 Å². The first-order valence-corrected chi connectivity index (χ1v) is 8.82. The minimum atomic E-state index is -0.916. The third kappa shape index (κ3) is 3.53. The first-order chi connectivity index (χ1) is 12.9. The molecule has 1 saturated heterocycles. The van der Waals surface area contributed by atoms with Crippen molar-refractivity contribution in [3.05, 3.63) is 30.1 Å². The zero-order valence-corrected chi connectivity index (χ0v) is 15.5. The van der Waals surface area contributed by atoms with E-state index < -0.39 is 17.5 Å². The highest BCUT2D eigenvalue weighted by Gasteiger charge is 2.49. The van der Waals surface area contributed by atoms with Crippen molar-refractivity contribution < 1.29 is 14.4 Å². The lowest BCUT2D eigenvalue weighted by Crippen LogP contribution is -2.46. The number of rotatable bonds is 6. The van der Waals surface area contributed by atoms with Crippen molar-refractivity contribution >= 4 is 23.5 Å². The Morgan fingerprint density at radius 3 is 2.59 bits per heavy atom. The van der Waals surface area contributed by atoms with E-state index in [1.54, 1.807) is 25.1 Å². The fourth-order valence-corrected chi connectivity index (χ4v) is 3.10. The molecule has 2 aromatic rings. The van der Waals surface area contributed by atoms with E-state index in [4.69, 9.17) is 0 Å². The SMILES string of the molecule is CCC1(CC)NC(=O)N(CC(=O)Nc2cccc(-c3n[nH]c(C)n3)c2)C1=O. The maximum Gasteiger partial charge on any atom is 0.325 e. The summed E-state index contributed by atoms with van der Waals surface area (Å²) in [7, 11) is 0. The first kappa shape index (κ1) is 18.6. The van der Waals surface area contributed by atoms with Gasteiger partial charge in [-0.2, -0.15) is 5.10 Å². The van der Waals surface area contributed by atoms with E-state index in [1.165, 1.54) is 0 Å². The van der Waals surface area contributed by atoms with E-state index in [-0.39, 0.29) is 12.5 Å². The number of anilines is 1. The van der Waals surface area contributed by atoms with Crippen LogP contribution in [0.25, 0.3) is 11.4 Å². The lowest BCUT2D eigenvalue weighted by Gasteiger charge is -2.23. The van der Waals surface area contributed by atoms with Gasteiger partial charge in [-0.15, -0.1) is 0 Å². The molecule has 0 unspecified atom stereocenters. The average molecular weight is 370 g/mol. The molecule has 1 aliphatic rings. The molecule has 142 valence electrons. The molecule has 4 amide bonds. The normalized spacial score (nSPS) is 15.7. The summed E-state index contributed by atoms with van der Waals surface area (Å²) >= 11 is 0. The van der Waals surface area contributed by atoms with Crippen LogP contribution in [0.5, 0.6) is 0 Å². The molecule has 9 nitrogen and oxygen atoms in total. The Labute approximate surface area is 156 Å². The van der Waals surface area contributed by atoms with Gasteiger partial charge < -0.3 is 10.6 Å². The number of amides is 4. The fourth-order valence-electron chi connectivity index (χ4n) is 3.10. The Morgan fingerprint density at radius 1 is 1.26 bits per heavy atom. The van der Waals surface area contributed by atoms with Gasteiger partial charge in [0.05, 0.1) is 0 Å². The van der Waals surface area contributed by atoms with E-state index in [0.717, 1.165) is 10.5 Å². The van der Waals surface area contributed by atoms with Crippen molar-refractivity contribution in [3.8, 4) is 11.4 Å². The lowest BCUT2D eigenvalue weighted by atomic mass is 9.93. The van der Waals surface area contributed by atoms with Crippen LogP contribution >= 0.6 is 0 Å². The molecule has 1 aliphatic heterocycles. The van der Waals surface area contributed by atoms with Gasteiger partial charge >= 0.3 is 6.03 Å². The van der Waals surface area contributed by atoms with Crippen molar-refractivity contribution in [1.29, 1.82) is 0 Å². The number of aromatic amines is 1. The Kier molecular flexibility index (Phi) is 4.93. The van der Waals surface area contributed by atoms with Crippen molar-refractivity contribution in [3.63, 3.8) is 0 Å². The predicted octanol–water partition coefficient (Wildman–Crippen LogP) is 1.83. The van der Waals surface area contributed by atoms with Crippen LogP contribution in [-0.4, -0.2) is 50.0 Å². The molecule has 0 aliphatic carbocycles. The molecule has 0 radical (unpaired) electrons. The summed E-state index contributed by atoms with van der Waals surface area (Å²) in [4.78, 5) is 42.3. The fraction of sp³-hybridized carbons (Fsp3) is 0.389. The Hall–Kier alpha value is -3.23. The summed E-state index contributed by atoms with van der Waals surface area (Å²) in [5.41, 5.74) is 0.355. The highest BCUT2D eigenvalue weighted by Crippen LogP contribution is 2.25. The van der Waals surface area contributed by atoms with Gasteiger partial charge in [0, 0.05) is 11.3 Å². The molecule has 2 heterocycles. The smallest absolute Gasteiger partial charge is 0.325 e. The summed E-state index contributed by atoms with van der Waals surface area (Å²) in [6.07, 6.45) is 0.953. The molecule has 1 fully saturated rings. The van der Waals surface area contributed by atoms with Crippen LogP contribution in [0, 0.1) is 6.92 Å². The number of urea groups is 1. The minimum absolute atomic E-state index is 0.337. The van der Waals surface area contributed by atoms with E-state index in [0.29, 0.717) is 30.2 Å². The maximum absolute atomic E-state index is 12.6. The first-order valence-electron chi connectivity index (χ1n) is 8.82. The number of carbonyl (C=O) groups is 3. The number of carbonyl (C=O) groups excluding carboxylic acids is 3. The lowest BCUT2D eigenvalue weighted by molar-refractivity contribution is -0.134. The van der Waals surface area contributed by atoms with Crippen LogP contribution in [0.1, 0.15) is 32.5 Å². The quantitative estimate of drug-likeness (QED) is 0.670. The second-order valence-corrected chi connectivity index (χ2v) is 6.48. The number of aromatic nitrogens is 3. The third-order valence-electron chi connectivity index (χ3n) is 4.76. The van der Waals surface area contributed by atoms with E-state index in [1.807, 2.05) is 19.9 Å². The Bertz CT molecular complexity index is 887. The third-order valence-corrected chi connectivity index (χ3v) is 4.76. The zero-order chi connectivity index (χ0) is 19.6. The highest BCUT2D eigenvalue weighted by molar-refractivity contribution is 6.10. The van der Waals surface area contributed by atoms with Gasteiger partial charge in [-0.05, 0) is 31.9 Å². The van der Waals surface area contributed by atoms with Crippen LogP contribution in [0.2, 0.25) is 0 Å². The summed E-state index contributed by atoms with van der Waals surface area (Å²) in [5.74, 6) is 0.393. The van der Waals surface area contributed by atoms with Crippen LogP contribution in [0.4, 0.5) is 10.5 Å². The van der Waals surface area contributed by atoms with Gasteiger partial charge in [0.1, 0.15) is 17.9 Å². The molecule has 0 spiro atoms. The van der Waals surface area contributed by atoms with Crippen LogP contribution in [0.3, 0.4) is 0 Å².